The van der Waals surface area contributed by atoms with Crippen molar-refractivity contribution in [1.82, 2.24) is 24.9 Å². The highest BCUT2D eigenvalue weighted by Crippen LogP contribution is 2.16. The van der Waals surface area contributed by atoms with Crippen molar-refractivity contribution in [2.24, 2.45) is 4.99 Å². The van der Waals surface area contributed by atoms with Gasteiger partial charge < -0.3 is 15.2 Å². The van der Waals surface area contributed by atoms with Crippen molar-refractivity contribution in [3.63, 3.8) is 0 Å². The Balaban J connectivity index is 0.00000320. The fourth-order valence-corrected chi connectivity index (χ4v) is 5.07. The lowest BCUT2D eigenvalue weighted by Gasteiger charge is -2.13. The zero-order valence-electron chi connectivity index (χ0n) is 17.0. The van der Waals surface area contributed by atoms with Crippen molar-refractivity contribution in [2.45, 2.75) is 24.1 Å². The molecule has 0 aliphatic heterocycles. The van der Waals surface area contributed by atoms with Crippen molar-refractivity contribution in [2.75, 3.05) is 26.7 Å². The van der Waals surface area contributed by atoms with Crippen LogP contribution in [0.1, 0.15) is 12.2 Å². The molecule has 3 aromatic rings. The van der Waals surface area contributed by atoms with Crippen LogP contribution in [0.15, 0.2) is 51.0 Å². The van der Waals surface area contributed by atoms with Crippen LogP contribution >= 0.6 is 35.3 Å². The molecule has 0 fully saturated rings. The standard InChI is InChI=1S/C19H26N6O2S2.HI/c1-15-24-16-7-3-4-8-17(16)25(15)13-6-10-21-19(20-2)22-11-12-23-29(26,27)18-9-5-14-28-18;/h3-5,7-9,14,23H,6,10-13H2,1-2H3,(H2,20,21,22);1H. The van der Waals surface area contributed by atoms with Gasteiger partial charge in [-0.05, 0) is 36.9 Å². The normalized spacial score (nSPS) is 12.0. The third-order valence-electron chi connectivity index (χ3n) is 4.39. The molecule has 3 N–H and O–H groups in total. The Bertz CT molecular complexity index is 1060. The summed E-state index contributed by atoms with van der Waals surface area (Å²) in [5.41, 5.74) is 2.16. The molecule has 30 heavy (non-hydrogen) atoms. The molecule has 0 radical (unpaired) electrons. The van der Waals surface area contributed by atoms with Gasteiger partial charge >= 0.3 is 0 Å². The molecule has 2 aromatic heterocycles. The van der Waals surface area contributed by atoms with E-state index in [-0.39, 0.29) is 30.5 Å². The first-order valence-corrected chi connectivity index (χ1v) is 11.8. The quantitative estimate of drug-likeness (QED) is 0.161. The SMILES string of the molecule is CN=C(NCCCn1c(C)nc2ccccc21)NCCNS(=O)(=O)c1cccs1.I. The summed E-state index contributed by atoms with van der Waals surface area (Å²) in [4.78, 5) is 8.76. The van der Waals surface area contributed by atoms with Gasteiger partial charge in [0.25, 0.3) is 0 Å². The minimum absolute atomic E-state index is 0. The molecule has 0 aliphatic carbocycles. The van der Waals surface area contributed by atoms with E-state index >= 15 is 0 Å². The Morgan fingerprint density at radius 3 is 2.63 bits per heavy atom. The van der Waals surface area contributed by atoms with E-state index in [1.54, 1.807) is 24.6 Å². The maximum atomic E-state index is 12.1. The van der Waals surface area contributed by atoms with Crippen molar-refractivity contribution in [3.8, 4) is 0 Å². The van der Waals surface area contributed by atoms with Crippen LogP contribution in [0.4, 0.5) is 0 Å². The van der Waals surface area contributed by atoms with Crippen LogP contribution in [0.25, 0.3) is 11.0 Å². The fourth-order valence-electron chi connectivity index (χ4n) is 3.00. The van der Waals surface area contributed by atoms with Crippen LogP contribution in [-0.4, -0.2) is 50.6 Å². The number of benzene rings is 1. The first-order valence-electron chi connectivity index (χ1n) is 9.41. The predicted molar refractivity (Wildman–Crippen MR) is 133 cm³/mol. The molecule has 0 saturated heterocycles. The molecule has 164 valence electrons. The van der Waals surface area contributed by atoms with Crippen LogP contribution in [0.3, 0.4) is 0 Å². The maximum Gasteiger partial charge on any atom is 0.250 e. The third-order valence-corrected chi connectivity index (χ3v) is 7.25. The van der Waals surface area contributed by atoms with Gasteiger partial charge in [-0.2, -0.15) is 0 Å². The highest BCUT2D eigenvalue weighted by atomic mass is 127. The molecule has 0 unspecified atom stereocenters. The van der Waals surface area contributed by atoms with Gasteiger partial charge in [-0.25, -0.2) is 18.1 Å². The highest BCUT2D eigenvalue weighted by Gasteiger charge is 2.13. The Morgan fingerprint density at radius 1 is 1.13 bits per heavy atom. The van der Waals surface area contributed by atoms with E-state index in [2.05, 4.69) is 36.0 Å². The maximum absolute atomic E-state index is 12.1. The number of nitrogens with one attached hydrogen (secondary N) is 3. The van der Waals surface area contributed by atoms with Gasteiger partial charge in [0.1, 0.15) is 10.0 Å². The van der Waals surface area contributed by atoms with E-state index in [4.69, 9.17) is 0 Å². The van der Waals surface area contributed by atoms with Gasteiger partial charge in [0.15, 0.2) is 5.96 Å². The van der Waals surface area contributed by atoms with Crippen molar-refractivity contribution in [3.05, 3.63) is 47.6 Å². The number of aromatic nitrogens is 2. The molecule has 0 atom stereocenters. The van der Waals surface area contributed by atoms with Crippen molar-refractivity contribution < 1.29 is 8.42 Å². The summed E-state index contributed by atoms with van der Waals surface area (Å²) in [6.07, 6.45) is 0.910. The van der Waals surface area contributed by atoms with Crippen LogP contribution in [-0.2, 0) is 16.6 Å². The number of aryl methyl sites for hydroxylation is 2. The zero-order chi connectivity index (χ0) is 20.7. The van der Waals surface area contributed by atoms with E-state index in [0.29, 0.717) is 16.7 Å². The second-order valence-corrected chi connectivity index (χ2v) is 9.35. The first kappa shape index (κ1) is 24.6. The number of hydrogen-bond acceptors (Lipinski definition) is 5. The van der Waals surface area contributed by atoms with Crippen LogP contribution in [0, 0.1) is 6.92 Å². The van der Waals surface area contributed by atoms with Gasteiger partial charge in [-0.3, -0.25) is 4.99 Å². The lowest BCUT2D eigenvalue weighted by Crippen LogP contribution is -2.41. The number of halogens is 1. The Labute approximate surface area is 198 Å². The smallest absolute Gasteiger partial charge is 0.250 e. The lowest BCUT2D eigenvalue weighted by molar-refractivity contribution is 0.582. The monoisotopic (exact) mass is 562 g/mol. The van der Waals surface area contributed by atoms with Crippen LogP contribution in [0.5, 0.6) is 0 Å². The summed E-state index contributed by atoms with van der Waals surface area (Å²) in [6, 6.07) is 11.4. The lowest BCUT2D eigenvalue weighted by atomic mass is 10.3. The highest BCUT2D eigenvalue weighted by molar-refractivity contribution is 14.0. The van der Waals surface area contributed by atoms with Gasteiger partial charge in [0.05, 0.1) is 11.0 Å². The Hall–Kier alpha value is -1.70. The number of hydrogen-bond donors (Lipinski definition) is 3. The molecule has 0 amide bonds. The summed E-state index contributed by atoms with van der Waals surface area (Å²) in [6.45, 7) is 4.34. The molecule has 0 bridgehead atoms. The Morgan fingerprint density at radius 2 is 1.90 bits per heavy atom. The molecule has 0 saturated carbocycles. The second-order valence-electron chi connectivity index (χ2n) is 6.41. The van der Waals surface area contributed by atoms with Crippen molar-refractivity contribution >= 4 is 62.3 Å². The number of thiophene rings is 1. The van der Waals surface area contributed by atoms with Gasteiger partial charge in [0.2, 0.25) is 10.0 Å². The summed E-state index contributed by atoms with van der Waals surface area (Å²) in [5.74, 6) is 1.65. The minimum Gasteiger partial charge on any atom is -0.356 e. The number of guanidine groups is 1. The average Bonchev–Trinajstić information content (AvgIpc) is 3.35. The molecule has 8 nitrogen and oxygen atoms in total. The van der Waals surface area contributed by atoms with Crippen molar-refractivity contribution in [1.29, 1.82) is 0 Å². The number of aliphatic imine (C=N–C) groups is 1. The molecular formula is C19H27IN6O2S2. The summed E-state index contributed by atoms with van der Waals surface area (Å²) >= 11 is 1.20. The van der Waals surface area contributed by atoms with Crippen LogP contribution in [0.2, 0.25) is 0 Å². The number of rotatable bonds is 9. The number of sulfonamides is 1. The van der Waals surface area contributed by atoms with Crippen LogP contribution < -0.4 is 15.4 Å². The molecular weight excluding hydrogens is 535 g/mol. The number of imidazole rings is 1. The summed E-state index contributed by atoms with van der Waals surface area (Å²) < 4.78 is 29.3. The fraction of sp³-hybridized carbons (Fsp3) is 0.368. The second kappa shape index (κ2) is 11.6. The van der Waals surface area contributed by atoms with E-state index in [0.717, 1.165) is 36.4 Å². The Kier molecular flexibility index (Phi) is 9.52. The number of para-hydroxylation sites is 2. The first-order chi connectivity index (χ1) is 14.0. The van der Waals surface area contributed by atoms with E-state index in [9.17, 15) is 8.42 Å². The molecule has 0 spiro atoms. The van der Waals surface area contributed by atoms with E-state index < -0.39 is 10.0 Å². The van der Waals surface area contributed by atoms with Gasteiger partial charge in [-0.1, -0.05) is 18.2 Å². The molecule has 1 aromatic carbocycles. The number of nitrogens with zero attached hydrogens (tertiary/aromatic N) is 3. The van der Waals surface area contributed by atoms with Gasteiger partial charge in [0, 0.05) is 33.2 Å². The average molecular weight is 563 g/mol. The number of fused-ring (bicyclic) bond motifs is 1. The third kappa shape index (κ3) is 6.40. The summed E-state index contributed by atoms with van der Waals surface area (Å²) in [5, 5.41) is 8.12. The molecule has 11 heteroatoms. The summed E-state index contributed by atoms with van der Waals surface area (Å²) in [7, 11) is -1.74. The largest absolute Gasteiger partial charge is 0.356 e. The van der Waals surface area contributed by atoms with E-state index in [1.807, 2.05) is 25.1 Å². The topological polar surface area (TPSA) is 100 Å². The minimum atomic E-state index is -3.43. The molecule has 3 rings (SSSR count). The molecule has 2 heterocycles. The predicted octanol–water partition coefficient (Wildman–Crippen LogP) is 2.56. The van der Waals surface area contributed by atoms with E-state index in [1.165, 1.54) is 11.3 Å². The zero-order valence-corrected chi connectivity index (χ0v) is 20.9. The van der Waals surface area contributed by atoms with Gasteiger partial charge in [-0.15, -0.1) is 35.3 Å². The molecule has 0 aliphatic rings.